The van der Waals surface area contributed by atoms with Gasteiger partial charge in [0, 0.05) is 0 Å². The third-order valence-electron chi connectivity index (χ3n) is 3.05. The lowest BCUT2D eigenvalue weighted by molar-refractivity contribution is -0.123. The molecule has 0 atom stereocenters. The first-order valence-electron chi connectivity index (χ1n) is 6.92. The van der Waals surface area contributed by atoms with Gasteiger partial charge in [0.2, 0.25) is 0 Å². The molecule has 0 unspecified atom stereocenters. The molecule has 0 aliphatic heterocycles. The molecule has 2 aromatic rings. The maximum absolute atomic E-state index is 11.9. The molecule has 7 heteroatoms. The maximum atomic E-state index is 11.9. The minimum Gasteiger partial charge on any atom is -0.482 e. The van der Waals surface area contributed by atoms with Gasteiger partial charge in [0.05, 0.1) is 10.6 Å². The van der Waals surface area contributed by atoms with E-state index in [1.807, 2.05) is 13.0 Å². The van der Waals surface area contributed by atoms with Crippen molar-refractivity contribution in [1.82, 2.24) is 10.9 Å². The van der Waals surface area contributed by atoms with Gasteiger partial charge < -0.3 is 9.15 Å². The summed E-state index contributed by atoms with van der Waals surface area (Å²) in [6.45, 7) is 5.03. The number of hydrogen-bond acceptors (Lipinski definition) is 4. The number of carbonyl (C=O) groups is 2. The average molecular weight is 337 g/mol. The molecule has 6 nitrogen and oxygen atoms in total. The fourth-order valence-corrected chi connectivity index (χ4v) is 2.12. The fraction of sp³-hybridized carbons (Fsp3) is 0.250. The second-order valence-corrected chi connectivity index (χ2v) is 5.46. The lowest BCUT2D eigenvalue weighted by Crippen LogP contribution is -2.43. The first-order chi connectivity index (χ1) is 10.9. The maximum Gasteiger partial charge on any atom is 0.276 e. The van der Waals surface area contributed by atoms with Crippen LogP contribution in [0.3, 0.4) is 0 Å². The quantitative estimate of drug-likeness (QED) is 0.841. The summed E-state index contributed by atoms with van der Waals surface area (Å²) in [4.78, 5) is 23.6. The molecule has 23 heavy (non-hydrogen) atoms. The lowest BCUT2D eigenvalue weighted by Gasteiger charge is -2.10. The predicted molar refractivity (Wildman–Crippen MR) is 85.5 cm³/mol. The van der Waals surface area contributed by atoms with Crippen molar-refractivity contribution in [2.75, 3.05) is 6.61 Å². The standard InChI is InChI=1S/C16H17ClN2O4/c1-9-4-5-13(17)14(6-9)22-8-15(20)18-19-16(21)12-7-10(2)23-11(12)3/h4-7H,8H2,1-3H3,(H,18,20)(H,19,21). The third-order valence-corrected chi connectivity index (χ3v) is 3.36. The number of carbonyl (C=O) groups excluding carboxylic acids is 2. The summed E-state index contributed by atoms with van der Waals surface area (Å²) in [6.07, 6.45) is 0. The van der Waals surface area contributed by atoms with E-state index >= 15 is 0 Å². The van der Waals surface area contributed by atoms with E-state index in [-0.39, 0.29) is 6.61 Å². The van der Waals surface area contributed by atoms with E-state index < -0.39 is 11.8 Å². The molecule has 1 aromatic carbocycles. The van der Waals surface area contributed by atoms with Crippen molar-refractivity contribution in [2.45, 2.75) is 20.8 Å². The Hall–Kier alpha value is -2.47. The largest absolute Gasteiger partial charge is 0.482 e. The second kappa shape index (κ2) is 7.19. The number of halogens is 1. The lowest BCUT2D eigenvalue weighted by atomic mass is 10.2. The van der Waals surface area contributed by atoms with Gasteiger partial charge in [-0.25, -0.2) is 0 Å². The second-order valence-electron chi connectivity index (χ2n) is 5.05. The summed E-state index contributed by atoms with van der Waals surface area (Å²) < 4.78 is 10.6. The molecule has 2 amide bonds. The van der Waals surface area contributed by atoms with Crippen LogP contribution < -0.4 is 15.6 Å². The van der Waals surface area contributed by atoms with E-state index in [0.717, 1.165) is 5.56 Å². The Morgan fingerprint density at radius 1 is 1.17 bits per heavy atom. The minimum atomic E-state index is -0.506. The number of aryl methyl sites for hydroxylation is 3. The Balaban J connectivity index is 1.84. The fourth-order valence-electron chi connectivity index (χ4n) is 1.95. The molecule has 0 aliphatic carbocycles. The van der Waals surface area contributed by atoms with Crippen LogP contribution in [-0.4, -0.2) is 18.4 Å². The van der Waals surface area contributed by atoms with Crippen LogP contribution in [0, 0.1) is 20.8 Å². The molecule has 0 saturated carbocycles. The number of rotatable bonds is 4. The third kappa shape index (κ3) is 4.50. The zero-order valence-corrected chi connectivity index (χ0v) is 13.8. The van der Waals surface area contributed by atoms with Gasteiger partial charge in [-0.05, 0) is 44.5 Å². The van der Waals surface area contributed by atoms with Gasteiger partial charge in [-0.15, -0.1) is 0 Å². The normalized spacial score (nSPS) is 10.3. The van der Waals surface area contributed by atoms with Crippen molar-refractivity contribution in [1.29, 1.82) is 0 Å². The summed E-state index contributed by atoms with van der Waals surface area (Å²) in [6, 6.07) is 6.85. The van der Waals surface area contributed by atoms with Gasteiger partial charge >= 0.3 is 0 Å². The zero-order chi connectivity index (χ0) is 17.0. The summed E-state index contributed by atoms with van der Waals surface area (Å²) in [5, 5.41) is 0.414. The molecule has 0 aliphatic rings. The smallest absolute Gasteiger partial charge is 0.276 e. The summed E-state index contributed by atoms with van der Waals surface area (Å²) in [5.74, 6) is 0.554. The molecular weight excluding hydrogens is 320 g/mol. The van der Waals surface area contributed by atoms with Crippen molar-refractivity contribution in [3.05, 3.63) is 51.9 Å². The summed E-state index contributed by atoms with van der Waals surface area (Å²) in [5.41, 5.74) is 5.91. The number of nitrogens with one attached hydrogen (secondary N) is 2. The van der Waals surface area contributed by atoms with Gasteiger partial charge in [-0.1, -0.05) is 17.7 Å². The molecule has 1 heterocycles. The van der Waals surface area contributed by atoms with E-state index in [2.05, 4.69) is 10.9 Å². The van der Waals surface area contributed by atoms with Crippen LogP contribution in [0.5, 0.6) is 5.75 Å². The Labute approximate surface area is 138 Å². The van der Waals surface area contributed by atoms with E-state index in [1.165, 1.54) is 0 Å². The van der Waals surface area contributed by atoms with E-state index in [9.17, 15) is 9.59 Å². The highest BCUT2D eigenvalue weighted by Gasteiger charge is 2.14. The van der Waals surface area contributed by atoms with E-state index in [1.54, 1.807) is 32.0 Å². The van der Waals surface area contributed by atoms with Gasteiger partial charge in [-0.2, -0.15) is 0 Å². The number of ether oxygens (including phenoxy) is 1. The first kappa shape index (κ1) is 16.9. The molecule has 1 aromatic heterocycles. The highest BCUT2D eigenvalue weighted by molar-refractivity contribution is 6.32. The minimum absolute atomic E-state index is 0.271. The summed E-state index contributed by atoms with van der Waals surface area (Å²) >= 11 is 5.97. The zero-order valence-electron chi connectivity index (χ0n) is 13.0. The van der Waals surface area contributed by atoms with Gasteiger partial charge in [0.1, 0.15) is 17.3 Å². The molecule has 2 rings (SSSR count). The Kier molecular flexibility index (Phi) is 5.28. The molecule has 2 N–H and O–H groups in total. The molecule has 122 valence electrons. The molecule has 0 spiro atoms. The number of furan rings is 1. The topological polar surface area (TPSA) is 80.6 Å². The van der Waals surface area contributed by atoms with Crippen LogP contribution in [0.25, 0.3) is 0 Å². The Bertz CT molecular complexity index is 740. The summed E-state index contributed by atoms with van der Waals surface area (Å²) in [7, 11) is 0. The van der Waals surface area contributed by atoms with E-state index in [4.69, 9.17) is 20.8 Å². The van der Waals surface area contributed by atoms with Crippen molar-refractivity contribution < 1.29 is 18.7 Å². The predicted octanol–water partition coefficient (Wildman–Crippen LogP) is 2.70. The number of hydrogen-bond donors (Lipinski definition) is 2. The number of hydrazine groups is 1. The van der Waals surface area contributed by atoms with Gasteiger partial charge in [0.15, 0.2) is 6.61 Å². The Morgan fingerprint density at radius 3 is 2.57 bits per heavy atom. The van der Waals surface area contributed by atoms with Crippen LogP contribution in [0.1, 0.15) is 27.4 Å². The van der Waals surface area contributed by atoms with Crippen molar-refractivity contribution in [2.24, 2.45) is 0 Å². The van der Waals surface area contributed by atoms with Crippen LogP contribution >= 0.6 is 11.6 Å². The van der Waals surface area contributed by atoms with Crippen molar-refractivity contribution >= 4 is 23.4 Å². The molecule has 0 bridgehead atoms. The van der Waals surface area contributed by atoms with Crippen molar-refractivity contribution in [3.8, 4) is 5.75 Å². The highest BCUT2D eigenvalue weighted by Crippen LogP contribution is 2.24. The van der Waals surface area contributed by atoms with E-state index in [0.29, 0.717) is 27.9 Å². The van der Waals surface area contributed by atoms with Crippen LogP contribution in [0.15, 0.2) is 28.7 Å². The first-order valence-corrected chi connectivity index (χ1v) is 7.30. The molecular formula is C16H17ClN2O4. The van der Waals surface area contributed by atoms with Gasteiger partial charge in [-0.3, -0.25) is 20.4 Å². The highest BCUT2D eigenvalue weighted by atomic mass is 35.5. The Morgan fingerprint density at radius 2 is 1.91 bits per heavy atom. The van der Waals surface area contributed by atoms with Crippen LogP contribution in [-0.2, 0) is 4.79 Å². The van der Waals surface area contributed by atoms with Crippen molar-refractivity contribution in [3.63, 3.8) is 0 Å². The van der Waals surface area contributed by atoms with Gasteiger partial charge in [0.25, 0.3) is 11.8 Å². The number of benzene rings is 1. The van der Waals surface area contributed by atoms with Crippen LogP contribution in [0.4, 0.5) is 0 Å². The average Bonchev–Trinajstić information content (AvgIpc) is 2.84. The monoisotopic (exact) mass is 336 g/mol. The molecule has 0 fully saturated rings. The van der Waals surface area contributed by atoms with Crippen LogP contribution in [0.2, 0.25) is 5.02 Å². The SMILES string of the molecule is Cc1ccc(Cl)c(OCC(=O)NNC(=O)c2cc(C)oc2C)c1. The number of amides is 2. The molecule has 0 saturated heterocycles. The molecule has 0 radical (unpaired) electrons.